The molecule has 0 spiro atoms. The first kappa shape index (κ1) is 10.4. The van der Waals surface area contributed by atoms with Crippen LogP contribution >= 0.6 is 11.8 Å². The quantitative estimate of drug-likeness (QED) is 0.718. The Morgan fingerprint density at radius 1 is 0.765 bits per heavy atom. The van der Waals surface area contributed by atoms with E-state index in [9.17, 15) is 0 Å². The first-order chi connectivity index (χ1) is 8.86. The van der Waals surface area contributed by atoms with Crippen molar-refractivity contribution in [1.29, 1.82) is 0 Å². The molecule has 0 aromatic heterocycles. The molecule has 0 amide bonds. The Morgan fingerprint density at radius 2 is 1.35 bits per heavy atom. The molecule has 0 bridgehead atoms. The summed E-state index contributed by atoms with van der Waals surface area (Å²) >= 11 is 1.52. The highest BCUT2D eigenvalue weighted by molar-refractivity contribution is 8.05. The average Bonchev–Trinajstić information content (AvgIpc) is 2.45. The number of hydrogen-bond acceptors (Lipinski definition) is 1. The molecule has 0 aliphatic rings. The molecule has 0 saturated carbocycles. The van der Waals surface area contributed by atoms with Gasteiger partial charge < -0.3 is 0 Å². The van der Waals surface area contributed by atoms with Gasteiger partial charge in [-0.15, -0.1) is 11.8 Å². The molecule has 0 aliphatic carbocycles. The third-order valence-corrected chi connectivity index (χ3v) is 2.75. The van der Waals surface area contributed by atoms with Crippen molar-refractivity contribution in [2.24, 2.45) is 0 Å². The Bertz CT molecular complexity index is 530. The van der Waals surface area contributed by atoms with Crippen molar-refractivity contribution in [3.63, 3.8) is 0 Å². The largest absolute Gasteiger partial charge is 0.106 e. The molecule has 0 heterocycles. The van der Waals surface area contributed by atoms with Gasteiger partial charge in [-0.2, -0.15) is 0 Å². The minimum Gasteiger partial charge on any atom is -0.106 e. The van der Waals surface area contributed by atoms with Crippen LogP contribution in [0.15, 0.2) is 71.5 Å². The standard InChI is InChI=1S/C16H14S/c1-3-7-15(8-4-1)11-13-17-14-12-16-9-5-2-6-10-16/h1-14H/b13-11-,14-12+/i11D. The summed E-state index contributed by atoms with van der Waals surface area (Å²) in [5, 5.41) is 3.83. The van der Waals surface area contributed by atoms with Crippen molar-refractivity contribution in [3.05, 3.63) is 82.6 Å². The van der Waals surface area contributed by atoms with Gasteiger partial charge in [-0.3, -0.25) is 0 Å². The summed E-state index contributed by atoms with van der Waals surface area (Å²) in [7, 11) is 0. The van der Waals surface area contributed by atoms with E-state index in [-0.39, 0.29) is 0 Å². The summed E-state index contributed by atoms with van der Waals surface area (Å²) in [6.45, 7) is 0. The van der Waals surface area contributed by atoms with Crippen LogP contribution < -0.4 is 0 Å². The minimum atomic E-state index is 0.540. The Kier molecular flexibility index (Phi) is 4.15. The van der Waals surface area contributed by atoms with Gasteiger partial charge in [0.15, 0.2) is 0 Å². The van der Waals surface area contributed by atoms with E-state index in [0.29, 0.717) is 6.05 Å². The first-order valence-electron chi connectivity index (χ1n) is 5.95. The molecule has 0 nitrogen and oxygen atoms in total. The van der Waals surface area contributed by atoms with Gasteiger partial charge in [-0.1, -0.05) is 60.7 Å². The van der Waals surface area contributed by atoms with E-state index in [1.54, 1.807) is 0 Å². The van der Waals surface area contributed by atoms with Crippen LogP contribution in [0.1, 0.15) is 12.5 Å². The summed E-state index contributed by atoms with van der Waals surface area (Å²) in [5.41, 5.74) is 2.11. The molecule has 2 aromatic carbocycles. The maximum absolute atomic E-state index is 7.90. The van der Waals surface area contributed by atoms with Gasteiger partial charge in [0, 0.05) is 0 Å². The Morgan fingerprint density at radius 3 is 2.00 bits per heavy atom. The highest BCUT2D eigenvalue weighted by Crippen LogP contribution is 2.11. The van der Waals surface area contributed by atoms with E-state index in [1.807, 2.05) is 65.4 Å². The van der Waals surface area contributed by atoms with E-state index < -0.39 is 0 Å². The van der Waals surface area contributed by atoms with Crippen LogP contribution in [0, 0.1) is 0 Å². The summed E-state index contributed by atoms with van der Waals surface area (Å²) < 4.78 is 7.90. The molecule has 0 saturated heterocycles. The van der Waals surface area contributed by atoms with E-state index >= 15 is 0 Å². The van der Waals surface area contributed by atoms with E-state index in [4.69, 9.17) is 1.37 Å². The van der Waals surface area contributed by atoms with Gasteiger partial charge in [0.05, 0.1) is 1.37 Å². The molecule has 0 radical (unpaired) electrons. The van der Waals surface area contributed by atoms with Crippen molar-refractivity contribution in [1.82, 2.24) is 0 Å². The van der Waals surface area contributed by atoms with Crippen LogP contribution in [0.3, 0.4) is 0 Å². The molecule has 0 unspecified atom stereocenters. The maximum atomic E-state index is 7.90. The fraction of sp³-hybridized carbons (Fsp3) is 0. The van der Waals surface area contributed by atoms with Crippen LogP contribution in [-0.2, 0) is 0 Å². The number of rotatable bonds is 4. The Labute approximate surface area is 108 Å². The number of benzene rings is 2. The predicted octanol–water partition coefficient (Wildman–Crippen LogP) is 5.06. The molecule has 2 rings (SSSR count). The highest BCUT2D eigenvalue weighted by Gasteiger charge is 1.83. The lowest BCUT2D eigenvalue weighted by molar-refractivity contribution is 1.66. The maximum Gasteiger partial charge on any atom is 0.0635 e. The van der Waals surface area contributed by atoms with E-state index in [2.05, 4.69) is 12.1 Å². The van der Waals surface area contributed by atoms with Gasteiger partial charge in [-0.25, -0.2) is 0 Å². The fourth-order valence-electron chi connectivity index (χ4n) is 1.36. The van der Waals surface area contributed by atoms with Crippen molar-refractivity contribution < 1.29 is 1.37 Å². The van der Waals surface area contributed by atoms with Crippen molar-refractivity contribution >= 4 is 23.9 Å². The summed E-state index contributed by atoms with van der Waals surface area (Å²) in [5.74, 6) is 0. The van der Waals surface area contributed by atoms with Crippen LogP contribution in [0.4, 0.5) is 0 Å². The summed E-state index contributed by atoms with van der Waals surface area (Å²) in [6.07, 6.45) is 2.04. The molecule has 0 N–H and O–H groups in total. The minimum absolute atomic E-state index is 0.540. The highest BCUT2D eigenvalue weighted by atomic mass is 32.2. The van der Waals surface area contributed by atoms with Crippen molar-refractivity contribution in [2.75, 3.05) is 0 Å². The molecular weight excluding hydrogens is 224 g/mol. The van der Waals surface area contributed by atoms with Crippen LogP contribution in [-0.4, -0.2) is 0 Å². The van der Waals surface area contributed by atoms with Crippen molar-refractivity contribution in [3.8, 4) is 0 Å². The normalized spacial score (nSPS) is 12.7. The molecule has 0 fully saturated rings. The fourth-order valence-corrected chi connectivity index (χ4v) is 1.88. The monoisotopic (exact) mass is 239 g/mol. The van der Waals surface area contributed by atoms with E-state index in [0.717, 1.165) is 5.56 Å². The molecule has 2 aromatic rings. The third-order valence-electron chi connectivity index (χ3n) is 2.21. The molecule has 84 valence electrons. The zero-order valence-electron chi connectivity index (χ0n) is 10.4. The lowest BCUT2D eigenvalue weighted by Gasteiger charge is -1.91. The summed E-state index contributed by atoms with van der Waals surface area (Å²) in [4.78, 5) is 0. The van der Waals surface area contributed by atoms with Gasteiger partial charge in [0.1, 0.15) is 0 Å². The van der Waals surface area contributed by atoms with Crippen LogP contribution in [0.5, 0.6) is 0 Å². The average molecular weight is 239 g/mol. The van der Waals surface area contributed by atoms with Crippen molar-refractivity contribution in [2.45, 2.75) is 0 Å². The smallest absolute Gasteiger partial charge is 0.0635 e. The molecular formula is C16H14S. The second kappa shape index (κ2) is 6.77. The van der Waals surface area contributed by atoms with Crippen LogP contribution in [0.2, 0.25) is 0 Å². The predicted molar refractivity (Wildman–Crippen MR) is 78.5 cm³/mol. The third kappa shape index (κ3) is 4.33. The first-order valence-corrected chi connectivity index (χ1v) is 6.40. The Balaban J connectivity index is 1.94. The Hall–Kier alpha value is -1.73. The molecule has 1 heteroatoms. The summed E-state index contributed by atoms with van der Waals surface area (Å²) in [6, 6.07) is 20.4. The zero-order valence-corrected chi connectivity index (χ0v) is 10.2. The molecule has 17 heavy (non-hydrogen) atoms. The lowest BCUT2D eigenvalue weighted by atomic mass is 10.2. The second-order valence-corrected chi connectivity index (χ2v) is 4.26. The van der Waals surface area contributed by atoms with Gasteiger partial charge in [0.25, 0.3) is 0 Å². The molecule has 0 aliphatic heterocycles. The SMILES string of the molecule is [2H]/C(=C/S/C=C/c1ccccc1)c1ccccc1. The second-order valence-electron chi connectivity index (χ2n) is 3.48. The van der Waals surface area contributed by atoms with Gasteiger partial charge in [-0.05, 0) is 34.1 Å². The number of thioether (sulfide) groups is 1. The zero-order chi connectivity index (χ0) is 12.6. The number of hydrogen-bond donors (Lipinski definition) is 0. The van der Waals surface area contributed by atoms with Gasteiger partial charge in [0.2, 0.25) is 0 Å². The van der Waals surface area contributed by atoms with E-state index in [1.165, 1.54) is 17.3 Å². The molecule has 0 atom stereocenters. The van der Waals surface area contributed by atoms with Crippen LogP contribution in [0.25, 0.3) is 12.1 Å². The topological polar surface area (TPSA) is 0 Å². The van der Waals surface area contributed by atoms with Gasteiger partial charge >= 0.3 is 0 Å². The lowest BCUT2D eigenvalue weighted by Crippen LogP contribution is -1.67.